The highest BCUT2D eigenvalue weighted by Gasteiger charge is 2.40. The summed E-state index contributed by atoms with van der Waals surface area (Å²) < 4.78 is 5.16. The first kappa shape index (κ1) is 22.6. The average molecular weight is 431 g/mol. The topological polar surface area (TPSA) is 70.6 Å². The quantitative estimate of drug-likeness (QED) is 0.559. The first-order valence-corrected chi connectivity index (χ1v) is 11.0. The molecular formula is C24H31ClN2O3. The Morgan fingerprint density at radius 1 is 1.33 bits per heavy atom. The van der Waals surface area contributed by atoms with Gasteiger partial charge in [-0.05, 0) is 56.3 Å². The van der Waals surface area contributed by atoms with Crippen molar-refractivity contribution in [2.75, 3.05) is 26.7 Å². The fourth-order valence-electron chi connectivity index (χ4n) is 4.38. The molecule has 1 unspecified atom stereocenters. The molecule has 1 heterocycles. The van der Waals surface area contributed by atoms with Crippen LogP contribution in [0.1, 0.15) is 36.8 Å². The van der Waals surface area contributed by atoms with Crippen LogP contribution in [-0.2, 0) is 10.3 Å². The molecule has 0 aliphatic carbocycles. The third kappa shape index (κ3) is 5.15. The van der Waals surface area contributed by atoms with Crippen molar-refractivity contribution in [3.63, 3.8) is 0 Å². The molecule has 0 bridgehead atoms. The van der Waals surface area contributed by atoms with E-state index in [1.54, 1.807) is 0 Å². The normalized spacial score (nSPS) is 18.5. The Morgan fingerprint density at radius 2 is 2.13 bits per heavy atom. The van der Waals surface area contributed by atoms with Gasteiger partial charge >= 0.3 is 6.09 Å². The van der Waals surface area contributed by atoms with Gasteiger partial charge in [-0.3, -0.25) is 0 Å². The van der Waals surface area contributed by atoms with Gasteiger partial charge in [-0.2, -0.15) is 0 Å². The second kappa shape index (κ2) is 10.3. The van der Waals surface area contributed by atoms with Crippen LogP contribution in [0.4, 0.5) is 4.79 Å². The van der Waals surface area contributed by atoms with Gasteiger partial charge < -0.3 is 20.5 Å². The molecule has 1 amide bonds. The molecule has 2 aromatic carbocycles. The molecule has 0 aromatic heterocycles. The number of alkyl carbamates (subject to hydrolysis) is 1. The fraction of sp³-hybridized carbons (Fsp3) is 0.458. The Hall–Kier alpha value is -2.08. The van der Waals surface area contributed by atoms with Crippen LogP contribution in [0, 0.1) is 12.8 Å². The number of hydrogen-bond donors (Lipinski definition) is 3. The number of rotatable bonds is 7. The highest BCUT2D eigenvalue weighted by molar-refractivity contribution is 6.33. The van der Waals surface area contributed by atoms with E-state index in [0.717, 1.165) is 48.2 Å². The fourth-order valence-corrected chi connectivity index (χ4v) is 4.66. The second-order valence-electron chi connectivity index (χ2n) is 7.99. The molecule has 2 atom stereocenters. The minimum absolute atomic E-state index is 0.0493. The number of nitrogens with one attached hydrogen (secondary N) is 2. The maximum atomic E-state index is 12.1. The maximum absolute atomic E-state index is 12.1. The molecule has 1 fully saturated rings. The monoisotopic (exact) mass is 430 g/mol. The van der Waals surface area contributed by atoms with E-state index in [1.165, 1.54) is 7.05 Å². The van der Waals surface area contributed by atoms with E-state index < -0.39 is 11.7 Å². The van der Waals surface area contributed by atoms with Gasteiger partial charge in [-0.15, -0.1) is 0 Å². The van der Waals surface area contributed by atoms with E-state index in [-0.39, 0.29) is 12.5 Å². The minimum Gasteiger partial charge on any atom is -0.450 e. The number of hydrogen-bond acceptors (Lipinski definition) is 4. The summed E-state index contributed by atoms with van der Waals surface area (Å²) in [7, 11) is 1.53. The van der Waals surface area contributed by atoms with Crippen LogP contribution in [0.3, 0.4) is 0 Å². The molecule has 3 rings (SSSR count). The SMILES string of the molecule is CNC(=O)OCCC[C@@](O)(c1cccc(Cl)c1-c1cccc(C)c1)C1CCCNC1. The summed E-state index contributed by atoms with van der Waals surface area (Å²) in [6, 6.07) is 13.9. The van der Waals surface area contributed by atoms with Crippen molar-refractivity contribution in [2.45, 2.75) is 38.2 Å². The molecule has 6 heteroatoms. The van der Waals surface area contributed by atoms with E-state index in [4.69, 9.17) is 16.3 Å². The van der Waals surface area contributed by atoms with Crippen LogP contribution < -0.4 is 10.6 Å². The largest absolute Gasteiger partial charge is 0.450 e. The molecular weight excluding hydrogens is 400 g/mol. The lowest BCUT2D eigenvalue weighted by Gasteiger charge is -2.40. The summed E-state index contributed by atoms with van der Waals surface area (Å²) in [5, 5.41) is 18.6. The highest BCUT2D eigenvalue weighted by atomic mass is 35.5. The number of carbonyl (C=O) groups excluding carboxylic acids is 1. The average Bonchev–Trinajstić information content (AvgIpc) is 2.76. The molecule has 0 saturated carbocycles. The van der Waals surface area contributed by atoms with Gasteiger partial charge in [0, 0.05) is 30.1 Å². The van der Waals surface area contributed by atoms with Crippen LogP contribution in [0.5, 0.6) is 0 Å². The van der Waals surface area contributed by atoms with Crippen molar-refractivity contribution < 1.29 is 14.6 Å². The number of piperidine rings is 1. The van der Waals surface area contributed by atoms with E-state index >= 15 is 0 Å². The first-order chi connectivity index (χ1) is 14.5. The molecule has 5 nitrogen and oxygen atoms in total. The summed E-state index contributed by atoms with van der Waals surface area (Å²) in [5.74, 6) is 0.0493. The molecule has 2 aromatic rings. The number of ether oxygens (including phenoxy) is 1. The van der Waals surface area contributed by atoms with Crippen molar-refractivity contribution in [1.82, 2.24) is 10.6 Å². The standard InChI is InChI=1S/C24H31ClN2O3/c1-17-7-3-8-18(15-17)22-20(10-4-11-21(22)25)24(29,19-9-5-13-27-16-19)12-6-14-30-23(28)26-2/h3-4,7-8,10-11,15,19,27,29H,5-6,9,12-14,16H2,1-2H3,(H,26,28)/t19?,24-/m0/s1. The predicted molar refractivity (Wildman–Crippen MR) is 121 cm³/mol. The second-order valence-corrected chi connectivity index (χ2v) is 8.40. The zero-order valence-electron chi connectivity index (χ0n) is 17.7. The van der Waals surface area contributed by atoms with Gasteiger partial charge in [0.05, 0.1) is 12.2 Å². The van der Waals surface area contributed by atoms with Gasteiger partial charge in [-0.25, -0.2) is 4.79 Å². The van der Waals surface area contributed by atoms with Crippen LogP contribution in [-0.4, -0.2) is 37.9 Å². The van der Waals surface area contributed by atoms with Gasteiger partial charge in [0.1, 0.15) is 0 Å². The van der Waals surface area contributed by atoms with Crippen molar-refractivity contribution in [1.29, 1.82) is 0 Å². The lowest BCUT2D eigenvalue weighted by molar-refractivity contribution is -0.0447. The molecule has 30 heavy (non-hydrogen) atoms. The van der Waals surface area contributed by atoms with E-state index in [0.29, 0.717) is 17.9 Å². The Morgan fingerprint density at radius 3 is 2.83 bits per heavy atom. The van der Waals surface area contributed by atoms with Crippen molar-refractivity contribution in [2.24, 2.45) is 5.92 Å². The summed E-state index contributed by atoms with van der Waals surface area (Å²) >= 11 is 6.68. The third-order valence-corrected chi connectivity index (χ3v) is 6.21. The summed E-state index contributed by atoms with van der Waals surface area (Å²) in [6.07, 6.45) is 2.53. The number of halogens is 1. The Labute approximate surface area is 183 Å². The van der Waals surface area contributed by atoms with E-state index in [1.807, 2.05) is 43.3 Å². The number of amides is 1. The van der Waals surface area contributed by atoms with Crippen LogP contribution in [0.25, 0.3) is 11.1 Å². The molecule has 1 aliphatic heterocycles. The number of carbonyl (C=O) groups is 1. The van der Waals surface area contributed by atoms with Gasteiger partial charge in [0.2, 0.25) is 0 Å². The maximum Gasteiger partial charge on any atom is 0.406 e. The Bertz CT molecular complexity index is 867. The summed E-state index contributed by atoms with van der Waals surface area (Å²) in [6.45, 7) is 4.01. The molecule has 1 saturated heterocycles. The lowest BCUT2D eigenvalue weighted by Crippen LogP contribution is -2.44. The zero-order valence-corrected chi connectivity index (χ0v) is 18.5. The number of benzene rings is 2. The Kier molecular flexibility index (Phi) is 7.75. The van der Waals surface area contributed by atoms with Crippen molar-refractivity contribution in [3.8, 4) is 11.1 Å². The molecule has 3 N–H and O–H groups in total. The molecule has 1 aliphatic rings. The summed E-state index contributed by atoms with van der Waals surface area (Å²) in [4.78, 5) is 11.4. The number of aryl methyl sites for hydroxylation is 1. The zero-order chi connectivity index (χ0) is 21.6. The molecule has 162 valence electrons. The van der Waals surface area contributed by atoms with Gasteiger partial charge in [0.15, 0.2) is 0 Å². The minimum atomic E-state index is -1.08. The predicted octanol–water partition coefficient (Wildman–Crippen LogP) is 4.64. The third-order valence-electron chi connectivity index (χ3n) is 5.90. The van der Waals surface area contributed by atoms with E-state index in [9.17, 15) is 9.90 Å². The first-order valence-electron chi connectivity index (χ1n) is 10.6. The summed E-state index contributed by atoms with van der Waals surface area (Å²) in [5.41, 5.74) is 2.78. The van der Waals surface area contributed by atoms with Gasteiger partial charge in [0.25, 0.3) is 0 Å². The van der Waals surface area contributed by atoms with Crippen LogP contribution in [0.2, 0.25) is 5.02 Å². The highest BCUT2D eigenvalue weighted by Crippen LogP contribution is 2.44. The van der Waals surface area contributed by atoms with Crippen molar-refractivity contribution in [3.05, 3.63) is 58.6 Å². The van der Waals surface area contributed by atoms with E-state index in [2.05, 4.69) is 16.7 Å². The lowest BCUT2D eigenvalue weighted by atomic mass is 9.72. The van der Waals surface area contributed by atoms with Crippen molar-refractivity contribution >= 4 is 17.7 Å². The Balaban J connectivity index is 1.99. The molecule has 0 spiro atoms. The van der Waals surface area contributed by atoms with Crippen LogP contribution in [0.15, 0.2) is 42.5 Å². The van der Waals surface area contributed by atoms with Crippen LogP contribution >= 0.6 is 11.6 Å². The number of aliphatic hydroxyl groups is 1. The van der Waals surface area contributed by atoms with Gasteiger partial charge in [-0.1, -0.05) is 53.6 Å². The molecule has 0 radical (unpaired) electrons. The smallest absolute Gasteiger partial charge is 0.406 e.